The fourth-order valence-electron chi connectivity index (χ4n) is 3.05. The molecular weight excluding hydrogens is 316 g/mol. The normalized spacial score (nSPS) is 13.8. The fourth-order valence-corrected chi connectivity index (χ4v) is 3.05. The van der Waals surface area contributed by atoms with E-state index in [9.17, 15) is 9.59 Å². The van der Waals surface area contributed by atoms with Gasteiger partial charge in [0.2, 0.25) is 11.8 Å². The monoisotopic (exact) mass is 340 g/mol. The van der Waals surface area contributed by atoms with E-state index in [1.165, 1.54) is 0 Å². The van der Waals surface area contributed by atoms with E-state index in [1.807, 2.05) is 41.3 Å². The number of benzene rings is 1. The lowest BCUT2D eigenvalue weighted by Crippen LogP contribution is -2.27. The van der Waals surface area contributed by atoms with Gasteiger partial charge in [0.1, 0.15) is 5.76 Å². The molecule has 0 spiro atoms. The van der Waals surface area contributed by atoms with Gasteiger partial charge in [0.15, 0.2) is 0 Å². The summed E-state index contributed by atoms with van der Waals surface area (Å²) in [7, 11) is 0. The predicted octanol–water partition coefficient (Wildman–Crippen LogP) is 3.41. The minimum atomic E-state index is -0.0339. The number of rotatable bonds is 7. The Kier molecular flexibility index (Phi) is 5.88. The Hall–Kier alpha value is -2.56. The minimum absolute atomic E-state index is 0.0339. The van der Waals surface area contributed by atoms with Crippen LogP contribution in [0, 0.1) is 0 Å². The largest absolute Gasteiger partial charge is 0.469 e. The molecular formula is C20H24N2O3. The van der Waals surface area contributed by atoms with Gasteiger partial charge in [-0.25, -0.2) is 0 Å². The van der Waals surface area contributed by atoms with E-state index in [-0.39, 0.29) is 11.8 Å². The molecule has 2 amide bonds. The molecule has 1 aromatic heterocycles. The van der Waals surface area contributed by atoms with E-state index in [1.54, 1.807) is 6.26 Å². The van der Waals surface area contributed by atoms with Crippen LogP contribution >= 0.6 is 0 Å². The van der Waals surface area contributed by atoms with Crippen LogP contribution in [0.5, 0.6) is 0 Å². The molecule has 2 aromatic rings. The first-order valence-corrected chi connectivity index (χ1v) is 8.90. The van der Waals surface area contributed by atoms with E-state index in [0.717, 1.165) is 49.4 Å². The number of anilines is 1. The number of likely N-dealkylation sites (tertiary alicyclic amines) is 1. The number of carbonyl (C=O) groups is 2. The second-order valence-corrected chi connectivity index (χ2v) is 6.41. The van der Waals surface area contributed by atoms with Gasteiger partial charge in [-0.3, -0.25) is 9.59 Å². The number of hydrogen-bond donors (Lipinski definition) is 1. The third-order valence-corrected chi connectivity index (χ3v) is 4.50. The first-order valence-electron chi connectivity index (χ1n) is 8.90. The molecule has 25 heavy (non-hydrogen) atoms. The Morgan fingerprint density at radius 1 is 1.00 bits per heavy atom. The van der Waals surface area contributed by atoms with Crippen molar-refractivity contribution in [2.24, 2.45) is 0 Å². The molecule has 3 rings (SSSR count). The summed E-state index contributed by atoms with van der Waals surface area (Å²) in [6, 6.07) is 11.4. The number of aryl methyl sites for hydroxylation is 2. The van der Waals surface area contributed by atoms with Gasteiger partial charge in [0.25, 0.3) is 0 Å². The molecule has 2 heterocycles. The first-order chi connectivity index (χ1) is 12.2. The predicted molar refractivity (Wildman–Crippen MR) is 96.2 cm³/mol. The molecule has 0 bridgehead atoms. The smallest absolute Gasteiger partial charge is 0.224 e. The Morgan fingerprint density at radius 3 is 2.44 bits per heavy atom. The van der Waals surface area contributed by atoms with Crippen LogP contribution in [0.3, 0.4) is 0 Å². The highest BCUT2D eigenvalue weighted by Gasteiger charge is 2.17. The lowest BCUT2D eigenvalue weighted by molar-refractivity contribution is -0.130. The molecule has 132 valence electrons. The summed E-state index contributed by atoms with van der Waals surface area (Å²) in [6.07, 6.45) is 6.13. The van der Waals surface area contributed by atoms with Crippen LogP contribution in [0.1, 0.15) is 37.0 Å². The van der Waals surface area contributed by atoms with Gasteiger partial charge in [-0.05, 0) is 49.1 Å². The zero-order chi connectivity index (χ0) is 17.5. The summed E-state index contributed by atoms with van der Waals surface area (Å²) in [6.45, 7) is 1.81. The lowest BCUT2D eigenvalue weighted by atomic mass is 10.1. The van der Waals surface area contributed by atoms with E-state index in [2.05, 4.69) is 5.32 Å². The highest BCUT2D eigenvalue weighted by molar-refractivity contribution is 5.90. The molecule has 1 fully saturated rings. The van der Waals surface area contributed by atoms with Crippen molar-refractivity contribution >= 4 is 17.5 Å². The Morgan fingerprint density at radius 2 is 1.76 bits per heavy atom. The van der Waals surface area contributed by atoms with Gasteiger partial charge in [-0.1, -0.05) is 12.1 Å². The molecule has 5 heteroatoms. The van der Waals surface area contributed by atoms with Crippen LogP contribution in [0.15, 0.2) is 47.1 Å². The van der Waals surface area contributed by atoms with Crippen molar-refractivity contribution in [3.8, 4) is 0 Å². The van der Waals surface area contributed by atoms with E-state index < -0.39 is 0 Å². The van der Waals surface area contributed by atoms with Crippen molar-refractivity contribution in [1.82, 2.24) is 4.90 Å². The number of hydrogen-bond acceptors (Lipinski definition) is 3. The SMILES string of the molecule is O=C(CCc1ccco1)Nc1ccc(CCC(=O)N2CCCC2)cc1. The number of furan rings is 1. The summed E-state index contributed by atoms with van der Waals surface area (Å²) in [4.78, 5) is 26.0. The van der Waals surface area contributed by atoms with Crippen LogP contribution in [-0.4, -0.2) is 29.8 Å². The maximum atomic E-state index is 12.1. The molecule has 0 unspecified atom stereocenters. The van der Waals surface area contributed by atoms with Gasteiger partial charge < -0.3 is 14.6 Å². The van der Waals surface area contributed by atoms with Gasteiger partial charge in [0, 0.05) is 38.0 Å². The number of nitrogens with zero attached hydrogens (tertiary/aromatic N) is 1. The maximum absolute atomic E-state index is 12.1. The first kappa shape index (κ1) is 17.3. The lowest BCUT2D eigenvalue weighted by Gasteiger charge is -2.15. The molecule has 1 aromatic carbocycles. The summed E-state index contributed by atoms with van der Waals surface area (Å²) < 4.78 is 5.22. The van der Waals surface area contributed by atoms with Crippen molar-refractivity contribution in [2.45, 2.75) is 38.5 Å². The summed E-state index contributed by atoms with van der Waals surface area (Å²) in [5.41, 5.74) is 1.89. The fraction of sp³-hybridized carbons (Fsp3) is 0.400. The quantitative estimate of drug-likeness (QED) is 0.840. The average Bonchev–Trinajstić information content (AvgIpc) is 3.32. The van der Waals surface area contributed by atoms with Crippen molar-refractivity contribution in [1.29, 1.82) is 0 Å². The standard InChI is InChI=1S/C20H24N2O3/c23-19(11-10-18-4-3-15-25-18)21-17-8-5-16(6-9-17)7-12-20(24)22-13-1-2-14-22/h3-6,8-9,15H,1-2,7,10-14H2,(H,21,23). The highest BCUT2D eigenvalue weighted by atomic mass is 16.3. The van der Waals surface area contributed by atoms with Crippen LogP contribution in [0.4, 0.5) is 5.69 Å². The molecule has 0 saturated carbocycles. The average molecular weight is 340 g/mol. The third-order valence-electron chi connectivity index (χ3n) is 4.50. The number of nitrogens with one attached hydrogen (secondary N) is 1. The summed E-state index contributed by atoms with van der Waals surface area (Å²) >= 11 is 0. The van der Waals surface area contributed by atoms with E-state index in [0.29, 0.717) is 19.3 Å². The van der Waals surface area contributed by atoms with Crippen molar-refractivity contribution in [2.75, 3.05) is 18.4 Å². The second-order valence-electron chi connectivity index (χ2n) is 6.41. The Bertz CT molecular complexity index is 686. The summed E-state index contributed by atoms with van der Waals surface area (Å²) in [5, 5.41) is 2.89. The van der Waals surface area contributed by atoms with Crippen LogP contribution in [-0.2, 0) is 22.4 Å². The molecule has 5 nitrogen and oxygen atoms in total. The number of amides is 2. The maximum Gasteiger partial charge on any atom is 0.224 e. The zero-order valence-corrected chi connectivity index (χ0v) is 14.4. The molecule has 1 saturated heterocycles. The van der Waals surface area contributed by atoms with Crippen molar-refractivity contribution in [3.05, 3.63) is 54.0 Å². The molecule has 0 aliphatic carbocycles. The van der Waals surface area contributed by atoms with Crippen molar-refractivity contribution in [3.63, 3.8) is 0 Å². The van der Waals surface area contributed by atoms with Crippen LogP contribution in [0.25, 0.3) is 0 Å². The Labute approximate surface area is 148 Å². The van der Waals surface area contributed by atoms with E-state index in [4.69, 9.17) is 4.42 Å². The molecule has 0 radical (unpaired) electrons. The van der Waals surface area contributed by atoms with Gasteiger partial charge in [0.05, 0.1) is 6.26 Å². The number of carbonyl (C=O) groups excluding carboxylic acids is 2. The second kappa shape index (κ2) is 8.51. The molecule has 1 N–H and O–H groups in total. The molecule has 1 aliphatic heterocycles. The van der Waals surface area contributed by atoms with Gasteiger partial charge in [-0.2, -0.15) is 0 Å². The molecule has 0 atom stereocenters. The topological polar surface area (TPSA) is 62.6 Å². The van der Waals surface area contributed by atoms with Crippen molar-refractivity contribution < 1.29 is 14.0 Å². The minimum Gasteiger partial charge on any atom is -0.469 e. The molecule has 1 aliphatic rings. The highest BCUT2D eigenvalue weighted by Crippen LogP contribution is 2.14. The van der Waals surface area contributed by atoms with Crippen LogP contribution in [0.2, 0.25) is 0 Å². The van der Waals surface area contributed by atoms with Gasteiger partial charge >= 0.3 is 0 Å². The van der Waals surface area contributed by atoms with Crippen LogP contribution < -0.4 is 5.32 Å². The third kappa shape index (κ3) is 5.21. The van der Waals surface area contributed by atoms with Gasteiger partial charge in [-0.15, -0.1) is 0 Å². The zero-order valence-electron chi connectivity index (χ0n) is 14.4. The van der Waals surface area contributed by atoms with E-state index >= 15 is 0 Å². The summed E-state index contributed by atoms with van der Waals surface area (Å²) in [5.74, 6) is 1.02. The Balaban J connectivity index is 1.41.